The topological polar surface area (TPSA) is 78.9 Å². The predicted octanol–water partition coefficient (Wildman–Crippen LogP) is 7.27. The molecule has 0 saturated heterocycles. The number of aryl methyl sites for hydroxylation is 3. The van der Waals surface area contributed by atoms with Crippen LogP contribution in [0, 0.1) is 32.1 Å². The second kappa shape index (κ2) is 8.62. The molecule has 3 aromatic heterocycles. The molecule has 6 heteroatoms. The minimum atomic E-state index is -0.295. The molecule has 0 saturated carbocycles. The van der Waals surface area contributed by atoms with Crippen molar-refractivity contribution in [2.45, 2.75) is 20.8 Å². The first-order valence-electron chi connectivity index (χ1n) is 10.8. The molecule has 0 aliphatic carbocycles. The van der Waals surface area contributed by atoms with E-state index in [9.17, 15) is 10.1 Å². The van der Waals surface area contributed by atoms with Gasteiger partial charge in [0.1, 0.15) is 22.5 Å². The highest BCUT2D eigenvalue weighted by Gasteiger charge is 2.21. The molecular weight excluding hydrogens is 442 g/mol. The summed E-state index contributed by atoms with van der Waals surface area (Å²) >= 11 is 1.41. The van der Waals surface area contributed by atoms with Gasteiger partial charge in [0.2, 0.25) is 0 Å². The van der Waals surface area contributed by atoms with Crippen LogP contribution in [0.2, 0.25) is 0 Å². The maximum Gasteiger partial charge on any atom is 0.257 e. The number of thiophene rings is 1. The first-order chi connectivity index (χ1) is 16.4. The highest BCUT2D eigenvalue weighted by molar-refractivity contribution is 7.17. The van der Waals surface area contributed by atoms with Gasteiger partial charge in [-0.15, -0.1) is 11.3 Å². The summed E-state index contributed by atoms with van der Waals surface area (Å²) in [5.74, 6) is 1.08. The summed E-state index contributed by atoms with van der Waals surface area (Å²) in [6.07, 6.45) is 0. The van der Waals surface area contributed by atoms with Crippen LogP contribution >= 0.6 is 11.3 Å². The number of rotatable bonds is 4. The summed E-state index contributed by atoms with van der Waals surface area (Å²) in [4.78, 5) is 19.2. The number of hydrogen-bond donors (Lipinski definition) is 1. The average molecular weight is 464 g/mol. The van der Waals surface area contributed by atoms with Gasteiger partial charge >= 0.3 is 0 Å². The molecule has 0 radical (unpaired) electrons. The molecule has 0 aliphatic rings. The van der Waals surface area contributed by atoms with Crippen LogP contribution in [0.1, 0.15) is 32.1 Å². The van der Waals surface area contributed by atoms with E-state index in [-0.39, 0.29) is 5.91 Å². The fraction of sp³-hybridized carbons (Fsp3) is 0.107. The van der Waals surface area contributed by atoms with Crippen molar-refractivity contribution in [3.63, 3.8) is 0 Å². The second-order valence-corrected chi connectivity index (χ2v) is 9.38. The molecule has 0 aliphatic heterocycles. The molecule has 0 bridgehead atoms. The van der Waals surface area contributed by atoms with Crippen LogP contribution in [0.15, 0.2) is 71.1 Å². The molecule has 0 spiro atoms. The Bertz CT molecular complexity index is 1590. The van der Waals surface area contributed by atoms with Crippen LogP contribution in [0.5, 0.6) is 0 Å². The summed E-state index contributed by atoms with van der Waals surface area (Å²) in [6, 6.07) is 23.3. The zero-order valence-corrected chi connectivity index (χ0v) is 19.8. The van der Waals surface area contributed by atoms with Crippen molar-refractivity contribution in [2.75, 3.05) is 5.32 Å². The molecule has 5 nitrogen and oxygen atoms in total. The maximum absolute atomic E-state index is 13.5. The van der Waals surface area contributed by atoms with Crippen molar-refractivity contribution in [1.29, 1.82) is 5.26 Å². The molecule has 2 aromatic carbocycles. The number of fused-ring (bicyclic) bond motifs is 1. The SMILES string of the molecule is Cc1ccc(-c2c(C)sc(NC(=O)c3cc(-c4ccc(C)o4)nc4ccccc34)c2C#N)cc1. The number of carbonyl (C=O) groups is 1. The van der Waals surface area contributed by atoms with E-state index >= 15 is 0 Å². The number of hydrogen-bond acceptors (Lipinski definition) is 5. The van der Waals surface area contributed by atoms with Gasteiger partial charge in [0.25, 0.3) is 5.91 Å². The Labute approximate surface area is 201 Å². The van der Waals surface area contributed by atoms with Crippen LogP contribution in [0.3, 0.4) is 0 Å². The van der Waals surface area contributed by atoms with E-state index in [1.165, 1.54) is 11.3 Å². The van der Waals surface area contributed by atoms with E-state index in [0.717, 1.165) is 32.7 Å². The zero-order chi connectivity index (χ0) is 23.8. The van der Waals surface area contributed by atoms with Gasteiger partial charge < -0.3 is 9.73 Å². The number of amides is 1. The molecule has 34 heavy (non-hydrogen) atoms. The van der Waals surface area contributed by atoms with Crippen molar-refractivity contribution >= 4 is 33.1 Å². The monoisotopic (exact) mass is 463 g/mol. The highest BCUT2D eigenvalue weighted by atomic mass is 32.1. The predicted molar refractivity (Wildman–Crippen MR) is 136 cm³/mol. The lowest BCUT2D eigenvalue weighted by atomic mass is 10.0. The first kappa shape index (κ1) is 21.6. The molecule has 0 fully saturated rings. The number of para-hydroxylation sites is 1. The van der Waals surface area contributed by atoms with Gasteiger partial charge in [-0.1, -0.05) is 48.0 Å². The Kier molecular flexibility index (Phi) is 5.48. The Balaban J connectivity index is 1.58. The smallest absolute Gasteiger partial charge is 0.257 e. The largest absolute Gasteiger partial charge is 0.460 e. The third-order valence-corrected chi connectivity index (χ3v) is 6.74. The number of nitrogens with zero attached hydrogens (tertiary/aromatic N) is 2. The lowest BCUT2D eigenvalue weighted by Crippen LogP contribution is -2.13. The van der Waals surface area contributed by atoms with Crippen LogP contribution < -0.4 is 5.32 Å². The lowest BCUT2D eigenvalue weighted by molar-refractivity contribution is 0.102. The fourth-order valence-electron chi connectivity index (χ4n) is 4.04. The lowest BCUT2D eigenvalue weighted by Gasteiger charge is -2.09. The summed E-state index contributed by atoms with van der Waals surface area (Å²) in [7, 11) is 0. The fourth-order valence-corrected chi connectivity index (χ4v) is 5.06. The van der Waals surface area contributed by atoms with E-state index in [1.807, 2.05) is 81.4 Å². The Hall–Kier alpha value is -4.21. The number of pyridine rings is 1. The van der Waals surface area contributed by atoms with E-state index in [1.54, 1.807) is 6.07 Å². The summed E-state index contributed by atoms with van der Waals surface area (Å²) in [5.41, 5.74) is 5.19. The molecule has 1 N–H and O–H groups in total. The molecule has 0 unspecified atom stereocenters. The Morgan fingerprint density at radius 1 is 1.03 bits per heavy atom. The minimum Gasteiger partial charge on any atom is -0.460 e. The number of anilines is 1. The van der Waals surface area contributed by atoms with Crippen LogP contribution in [-0.4, -0.2) is 10.9 Å². The van der Waals surface area contributed by atoms with Gasteiger partial charge in [-0.25, -0.2) is 4.98 Å². The van der Waals surface area contributed by atoms with Crippen molar-refractivity contribution in [2.24, 2.45) is 0 Å². The number of carbonyl (C=O) groups excluding carboxylic acids is 1. The van der Waals surface area contributed by atoms with E-state index in [4.69, 9.17) is 4.42 Å². The van der Waals surface area contributed by atoms with Crippen LogP contribution in [-0.2, 0) is 0 Å². The van der Waals surface area contributed by atoms with Crippen molar-refractivity contribution in [3.05, 3.63) is 94.1 Å². The average Bonchev–Trinajstić information content (AvgIpc) is 3.41. The van der Waals surface area contributed by atoms with Crippen molar-refractivity contribution in [3.8, 4) is 28.7 Å². The van der Waals surface area contributed by atoms with Gasteiger partial charge in [0.15, 0.2) is 5.76 Å². The van der Waals surface area contributed by atoms with Crippen molar-refractivity contribution < 1.29 is 9.21 Å². The molecule has 3 heterocycles. The summed E-state index contributed by atoms with van der Waals surface area (Å²) in [6.45, 7) is 5.86. The quantitative estimate of drug-likeness (QED) is 0.304. The molecule has 0 atom stereocenters. The Morgan fingerprint density at radius 3 is 2.50 bits per heavy atom. The van der Waals surface area contributed by atoms with E-state index in [0.29, 0.717) is 33.1 Å². The van der Waals surface area contributed by atoms with E-state index in [2.05, 4.69) is 16.4 Å². The summed E-state index contributed by atoms with van der Waals surface area (Å²) in [5, 5.41) is 14.2. The van der Waals surface area contributed by atoms with Gasteiger partial charge in [-0.05, 0) is 50.6 Å². The van der Waals surface area contributed by atoms with Gasteiger partial charge in [-0.3, -0.25) is 4.79 Å². The first-order valence-corrected chi connectivity index (χ1v) is 11.6. The number of nitrogens with one attached hydrogen (secondary N) is 1. The molecule has 1 amide bonds. The zero-order valence-electron chi connectivity index (χ0n) is 19.0. The molecular formula is C28H21N3O2S. The minimum absolute atomic E-state index is 0.295. The second-order valence-electron chi connectivity index (χ2n) is 8.15. The van der Waals surface area contributed by atoms with Crippen LogP contribution in [0.4, 0.5) is 5.00 Å². The molecule has 5 aromatic rings. The van der Waals surface area contributed by atoms with E-state index < -0.39 is 0 Å². The van der Waals surface area contributed by atoms with Crippen LogP contribution in [0.25, 0.3) is 33.5 Å². The maximum atomic E-state index is 13.5. The third kappa shape index (κ3) is 3.87. The van der Waals surface area contributed by atoms with Gasteiger partial charge in [0, 0.05) is 15.8 Å². The van der Waals surface area contributed by atoms with Gasteiger partial charge in [0.05, 0.1) is 16.6 Å². The number of benzene rings is 2. The number of aromatic nitrogens is 1. The highest BCUT2D eigenvalue weighted by Crippen LogP contribution is 2.40. The normalized spacial score (nSPS) is 10.9. The summed E-state index contributed by atoms with van der Waals surface area (Å²) < 4.78 is 5.75. The Morgan fingerprint density at radius 2 is 1.79 bits per heavy atom. The number of furan rings is 1. The van der Waals surface area contributed by atoms with Crippen molar-refractivity contribution in [1.82, 2.24) is 4.98 Å². The molecule has 5 rings (SSSR count). The standard InChI is InChI=1S/C28H21N3O2S/c1-16-8-11-19(12-9-16)26-18(3)34-28(22(26)15-29)31-27(32)21-14-24(25-13-10-17(2)33-25)30-23-7-5-4-6-20(21)23/h4-14H,1-3H3,(H,31,32). The van der Waals surface area contributed by atoms with Gasteiger partial charge in [-0.2, -0.15) is 5.26 Å². The third-order valence-electron chi connectivity index (χ3n) is 5.72. The number of nitriles is 1. The molecule has 166 valence electrons.